The van der Waals surface area contributed by atoms with E-state index in [0.717, 1.165) is 50.1 Å². The Bertz CT molecular complexity index is 855. The van der Waals surface area contributed by atoms with Crippen molar-refractivity contribution in [2.75, 3.05) is 20.1 Å². The molecule has 0 bridgehead atoms. The number of benzene rings is 1. The minimum Gasteiger partial charge on any atom is -0.352 e. The molecule has 2 aliphatic rings. The van der Waals surface area contributed by atoms with E-state index in [9.17, 15) is 0 Å². The topological polar surface area (TPSA) is 70.4 Å². The van der Waals surface area contributed by atoms with E-state index in [1.54, 1.807) is 0 Å². The summed E-state index contributed by atoms with van der Waals surface area (Å²) in [5.74, 6) is 2.67. The lowest BCUT2D eigenvalue weighted by Gasteiger charge is -2.25. The summed E-state index contributed by atoms with van der Waals surface area (Å²) in [6.45, 7) is 7.14. The maximum Gasteiger partial charge on any atom is 0.191 e. The number of guanidine groups is 1. The van der Waals surface area contributed by atoms with Crippen LogP contribution in [-0.2, 0) is 19.6 Å². The molecule has 1 atom stereocenters. The third-order valence-corrected chi connectivity index (χ3v) is 6.17. The zero-order valence-electron chi connectivity index (χ0n) is 18.8. The van der Waals surface area contributed by atoms with Crippen molar-refractivity contribution in [2.45, 2.75) is 71.1 Å². The third-order valence-electron chi connectivity index (χ3n) is 6.17. The fourth-order valence-electron chi connectivity index (χ4n) is 4.56. The van der Waals surface area contributed by atoms with Crippen LogP contribution >= 0.6 is 24.0 Å². The van der Waals surface area contributed by atoms with Crippen LogP contribution in [0.4, 0.5) is 0 Å². The van der Waals surface area contributed by atoms with Gasteiger partial charge in [-0.2, -0.15) is 5.10 Å². The summed E-state index contributed by atoms with van der Waals surface area (Å²) in [6, 6.07) is 8.93. The first-order valence-electron chi connectivity index (χ1n) is 11.4. The number of aryl methyl sites for hydroxylation is 2. The number of nitrogens with one attached hydrogen (secondary N) is 2. The molecule has 7 nitrogen and oxygen atoms in total. The van der Waals surface area contributed by atoms with E-state index in [0.29, 0.717) is 0 Å². The van der Waals surface area contributed by atoms with Crippen LogP contribution in [0.3, 0.4) is 0 Å². The summed E-state index contributed by atoms with van der Waals surface area (Å²) in [5.41, 5.74) is 2.75. The SMILES string of the molecule is CN=C(NCc1ccccc1CN1CCCCCC1)NC1CCCn2nc(C)nc21.I. The van der Waals surface area contributed by atoms with Crippen LogP contribution < -0.4 is 10.6 Å². The highest BCUT2D eigenvalue weighted by Gasteiger charge is 2.24. The molecule has 2 aromatic rings. The maximum atomic E-state index is 4.63. The van der Waals surface area contributed by atoms with Crippen molar-refractivity contribution in [3.05, 3.63) is 47.0 Å². The van der Waals surface area contributed by atoms with Crippen molar-refractivity contribution in [3.63, 3.8) is 0 Å². The van der Waals surface area contributed by atoms with Gasteiger partial charge in [-0.3, -0.25) is 9.89 Å². The smallest absolute Gasteiger partial charge is 0.191 e. The Hall–Kier alpha value is -1.68. The molecule has 31 heavy (non-hydrogen) atoms. The second-order valence-corrected chi connectivity index (χ2v) is 8.46. The summed E-state index contributed by atoms with van der Waals surface area (Å²) in [5, 5.41) is 11.6. The Kier molecular flexibility index (Phi) is 9.13. The van der Waals surface area contributed by atoms with Gasteiger partial charge >= 0.3 is 0 Å². The molecule has 170 valence electrons. The van der Waals surface area contributed by atoms with Crippen LogP contribution in [0, 0.1) is 6.92 Å². The van der Waals surface area contributed by atoms with Crippen molar-refractivity contribution in [2.24, 2.45) is 4.99 Å². The summed E-state index contributed by atoms with van der Waals surface area (Å²) in [4.78, 5) is 11.7. The molecule has 0 spiro atoms. The summed E-state index contributed by atoms with van der Waals surface area (Å²) in [6.07, 6.45) is 7.53. The number of hydrogen-bond acceptors (Lipinski definition) is 4. The molecule has 0 amide bonds. The molecule has 0 radical (unpaired) electrons. The Morgan fingerprint density at radius 3 is 2.55 bits per heavy atom. The minimum atomic E-state index is 0. The molecule has 8 heteroatoms. The van der Waals surface area contributed by atoms with Crippen molar-refractivity contribution in [1.82, 2.24) is 30.3 Å². The van der Waals surface area contributed by atoms with Gasteiger partial charge in [-0.1, -0.05) is 37.1 Å². The van der Waals surface area contributed by atoms with Crippen molar-refractivity contribution in [3.8, 4) is 0 Å². The average Bonchev–Trinajstić information content (AvgIpc) is 2.96. The first-order chi connectivity index (χ1) is 14.7. The molecule has 1 aromatic heterocycles. The summed E-state index contributed by atoms with van der Waals surface area (Å²) in [7, 11) is 1.83. The average molecular weight is 537 g/mol. The van der Waals surface area contributed by atoms with Crippen LogP contribution in [0.1, 0.15) is 67.3 Å². The van der Waals surface area contributed by atoms with Gasteiger partial charge in [0.2, 0.25) is 0 Å². The number of halogens is 1. The lowest BCUT2D eigenvalue weighted by molar-refractivity contribution is 0.276. The molecular weight excluding hydrogens is 501 g/mol. The number of aliphatic imine (C=N–C) groups is 1. The molecule has 2 aliphatic heterocycles. The highest BCUT2D eigenvalue weighted by atomic mass is 127. The number of likely N-dealkylation sites (tertiary alicyclic amines) is 1. The van der Waals surface area contributed by atoms with E-state index < -0.39 is 0 Å². The second kappa shape index (κ2) is 11.8. The van der Waals surface area contributed by atoms with Crippen molar-refractivity contribution < 1.29 is 0 Å². The van der Waals surface area contributed by atoms with Crippen LogP contribution in [0.5, 0.6) is 0 Å². The Balaban J connectivity index is 0.00000272. The van der Waals surface area contributed by atoms with Gasteiger partial charge in [-0.15, -0.1) is 24.0 Å². The fourth-order valence-corrected chi connectivity index (χ4v) is 4.56. The summed E-state index contributed by atoms with van der Waals surface area (Å²) >= 11 is 0. The molecule has 4 rings (SSSR count). The molecule has 0 aliphatic carbocycles. The van der Waals surface area contributed by atoms with Crippen molar-refractivity contribution in [1.29, 1.82) is 0 Å². The Morgan fingerprint density at radius 2 is 1.81 bits per heavy atom. The molecular formula is C23H36IN7. The largest absolute Gasteiger partial charge is 0.352 e. The maximum absolute atomic E-state index is 4.63. The lowest BCUT2D eigenvalue weighted by atomic mass is 10.1. The van der Waals surface area contributed by atoms with E-state index in [1.165, 1.54) is 49.9 Å². The number of hydrogen-bond donors (Lipinski definition) is 2. The molecule has 1 aromatic carbocycles. The second-order valence-electron chi connectivity index (χ2n) is 8.46. The zero-order chi connectivity index (χ0) is 20.8. The van der Waals surface area contributed by atoms with Gasteiger partial charge < -0.3 is 10.6 Å². The fraction of sp³-hybridized carbons (Fsp3) is 0.609. The third kappa shape index (κ3) is 6.41. The predicted molar refractivity (Wildman–Crippen MR) is 136 cm³/mol. The lowest BCUT2D eigenvalue weighted by Crippen LogP contribution is -2.41. The Morgan fingerprint density at radius 1 is 1.06 bits per heavy atom. The van der Waals surface area contributed by atoms with Crippen LogP contribution in [0.15, 0.2) is 29.3 Å². The van der Waals surface area contributed by atoms with E-state index in [1.807, 2.05) is 18.7 Å². The molecule has 0 saturated carbocycles. The number of fused-ring (bicyclic) bond motifs is 1. The zero-order valence-corrected chi connectivity index (χ0v) is 21.1. The van der Waals surface area contributed by atoms with E-state index in [4.69, 9.17) is 0 Å². The number of aromatic nitrogens is 3. The van der Waals surface area contributed by atoms with Gasteiger partial charge in [0.25, 0.3) is 0 Å². The van der Waals surface area contributed by atoms with Gasteiger partial charge in [0.1, 0.15) is 11.6 Å². The van der Waals surface area contributed by atoms with Gasteiger partial charge in [0, 0.05) is 26.7 Å². The molecule has 1 fully saturated rings. The van der Waals surface area contributed by atoms with Crippen LogP contribution in [0.2, 0.25) is 0 Å². The highest BCUT2D eigenvalue weighted by Crippen LogP contribution is 2.23. The monoisotopic (exact) mass is 537 g/mol. The van der Waals surface area contributed by atoms with Crippen LogP contribution in [-0.4, -0.2) is 45.8 Å². The van der Waals surface area contributed by atoms with E-state index >= 15 is 0 Å². The van der Waals surface area contributed by atoms with Gasteiger partial charge in [-0.05, 0) is 56.8 Å². The first-order valence-corrected chi connectivity index (χ1v) is 11.4. The number of nitrogens with zero attached hydrogens (tertiary/aromatic N) is 5. The Labute approximate surface area is 203 Å². The molecule has 1 unspecified atom stereocenters. The molecule has 2 N–H and O–H groups in total. The quantitative estimate of drug-likeness (QED) is 0.345. The minimum absolute atomic E-state index is 0. The summed E-state index contributed by atoms with van der Waals surface area (Å²) < 4.78 is 2.03. The van der Waals surface area contributed by atoms with E-state index in [2.05, 4.69) is 54.9 Å². The predicted octanol–water partition coefficient (Wildman–Crippen LogP) is 3.78. The van der Waals surface area contributed by atoms with Crippen molar-refractivity contribution >= 4 is 29.9 Å². The number of rotatable bonds is 5. The van der Waals surface area contributed by atoms with E-state index in [-0.39, 0.29) is 30.0 Å². The normalized spacial score (nSPS) is 19.8. The first kappa shape index (κ1) is 24.0. The van der Waals surface area contributed by atoms with Gasteiger partial charge in [0.05, 0.1) is 6.04 Å². The standard InChI is InChI=1S/C23H35N7.HI/c1-18-26-22-21(12-9-15-30(22)28-18)27-23(24-2)25-16-19-10-5-6-11-20(19)17-29-13-7-3-4-8-14-29;/h5-6,10-11,21H,3-4,7-9,12-17H2,1-2H3,(H2,24,25,27);1H. The van der Waals surface area contributed by atoms with Gasteiger partial charge in [-0.25, -0.2) is 9.67 Å². The van der Waals surface area contributed by atoms with Gasteiger partial charge in [0.15, 0.2) is 5.96 Å². The molecule has 1 saturated heterocycles. The molecule has 3 heterocycles. The highest BCUT2D eigenvalue weighted by molar-refractivity contribution is 14.0. The van der Waals surface area contributed by atoms with Crippen LogP contribution in [0.25, 0.3) is 0 Å².